The highest BCUT2D eigenvalue weighted by atomic mass is 16.5. The Balaban J connectivity index is 1.53. The Kier molecular flexibility index (Phi) is 7.04. The average Bonchev–Trinajstić information content (AvgIpc) is 2.80. The van der Waals surface area contributed by atoms with E-state index in [2.05, 4.69) is 49.2 Å². The van der Waals surface area contributed by atoms with Crippen LogP contribution in [0.15, 0.2) is 48.5 Å². The first-order valence-corrected chi connectivity index (χ1v) is 11.5. The number of aryl methyl sites for hydroxylation is 2. The molecule has 0 N–H and O–H groups in total. The molecule has 0 bridgehead atoms. The van der Waals surface area contributed by atoms with E-state index >= 15 is 0 Å². The maximum atomic E-state index is 12.8. The molecular weight excluding hydrogens is 412 g/mol. The molecule has 1 aromatic heterocycles. The van der Waals surface area contributed by atoms with Gasteiger partial charge in [0.05, 0.1) is 13.7 Å². The van der Waals surface area contributed by atoms with E-state index in [-0.39, 0.29) is 5.91 Å². The predicted molar refractivity (Wildman–Crippen MR) is 130 cm³/mol. The predicted octanol–water partition coefficient (Wildman–Crippen LogP) is 4.26. The highest BCUT2D eigenvalue weighted by molar-refractivity contribution is 5.95. The highest BCUT2D eigenvalue weighted by Crippen LogP contribution is 2.29. The van der Waals surface area contributed by atoms with Gasteiger partial charge in [-0.1, -0.05) is 42.5 Å². The SMILES string of the molecule is COc1cc(C)ccc1CN(C)Cc1nc(C)c2c(n1)N(CCc1ccccc1)C(=O)CC2. The molecule has 172 valence electrons. The lowest BCUT2D eigenvalue weighted by Gasteiger charge is -2.30. The third-order valence-corrected chi connectivity index (χ3v) is 6.15. The van der Waals surface area contributed by atoms with Crippen LogP contribution in [0, 0.1) is 13.8 Å². The summed E-state index contributed by atoms with van der Waals surface area (Å²) in [6.07, 6.45) is 2.02. The fraction of sp³-hybridized carbons (Fsp3) is 0.370. The van der Waals surface area contributed by atoms with Crippen LogP contribution in [-0.4, -0.2) is 41.5 Å². The molecule has 6 nitrogen and oxygen atoms in total. The van der Waals surface area contributed by atoms with Crippen molar-refractivity contribution in [3.63, 3.8) is 0 Å². The van der Waals surface area contributed by atoms with E-state index in [9.17, 15) is 4.79 Å². The summed E-state index contributed by atoms with van der Waals surface area (Å²) in [4.78, 5) is 26.5. The second-order valence-electron chi connectivity index (χ2n) is 8.80. The van der Waals surface area contributed by atoms with Gasteiger partial charge in [0.1, 0.15) is 17.4 Å². The van der Waals surface area contributed by atoms with Crippen LogP contribution >= 0.6 is 0 Å². The van der Waals surface area contributed by atoms with Gasteiger partial charge in [0.2, 0.25) is 5.91 Å². The van der Waals surface area contributed by atoms with Crippen molar-refractivity contribution in [1.82, 2.24) is 14.9 Å². The maximum absolute atomic E-state index is 12.8. The first kappa shape index (κ1) is 22.9. The Hall–Kier alpha value is -3.25. The van der Waals surface area contributed by atoms with Gasteiger partial charge in [0.15, 0.2) is 0 Å². The van der Waals surface area contributed by atoms with E-state index in [4.69, 9.17) is 14.7 Å². The van der Waals surface area contributed by atoms with Gasteiger partial charge in [0, 0.05) is 36.3 Å². The van der Waals surface area contributed by atoms with Gasteiger partial charge < -0.3 is 4.74 Å². The summed E-state index contributed by atoms with van der Waals surface area (Å²) in [5.74, 6) is 2.55. The number of carbonyl (C=O) groups excluding carboxylic acids is 1. The van der Waals surface area contributed by atoms with Gasteiger partial charge in [-0.2, -0.15) is 0 Å². The molecule has 4 rings (SSSR count). The minimum absolute atomic E-state index is 0.139. The Bertz CT molecular complexity index is 1130. The van der Waals surface area contributed by atoms with Crippen LogP contribution in [0.5, 0.6) is 5.75 Å². The average molecular weight is 445 g/mol. The van der Waals surface area contributed by atoms with Crippen LogP contribution < -0.4 is 9.64 Å². The summed E-state index contributed by atoms with van der Waals surface area (Å²) in [5, 5.41) is 0. The monoisotopic (exact) mass is 444 g/mol. The Morgan fingerprint density at radius 2 is 1.82 bits per heavy atom. The highest BCUT2D eigenvalue weighted by Gasteiger charge is 2.28. The quantitative estimate of drug-likeness (QED) is 0.520. The third kappa shape index (κ3) is 5.40. The van der Waals surface area contributed by atoms with Crippen molar-refractivity contribution in [3.05, 3.63) is 82.3 Å². The second-order valence-corrected chi connectivity index (χ2v) is 8.80. The zero-order valence-electron chi connectivity index (χ0n) is 20.0. The number of rotatable bonds is 8. The molecule has 0 unspecified atom stereocenters. The number of nitrogens with zero attached hydrogens (tertiary/aromatic N) is 4. The molecule has 6 heteroatoms. The van der Waals surface area contributed by atoms with Crippen LogP contribution in [0.25, 0.3) is 0 Å². The van der Waals surface area contributed by atoms with Crippen molar-refractivity contribution in [2.75, 3.05) is 25.6 Å². The summed E-state index contributed by atoms with van der Waals surface area (Å²) >= 11 is 0. The number of methoxy groups -OCH3 is 1. The normalized spacial score (nSPS) is 13.4. The molecular formula is C27H32N4O2. The number of hydrogen-bond acceptors (Lipinski definition) is 5. The Morgan fingerprint density at radius 1 is 1.03 bits per heavy atom. The number of fused-ring (bicyclic) bond motifs is 1. The van der Waals surface area contributed by atoms with E-state index < -0.39 is 0 Å². The van der Waals surface area contributed by atoms with E-state index in [1.54, 1.807) is 7.11 Å². The molecule has 0 radical (unpaired) electrons. The van der Waals surface area contributed by atoms with Gasteiger partial charge in [0.25, 0.3) is 0 Å². The molecule has 0 saturated carbocycles. The summed E-state index contributed by atoms with van der Waals surface area (Å²) in [6, 6.07) is 16.5. The lowest BCUT2D eigenvalue weighted by molar-refractivity contribution is -0.118. The molecule has 0 atom stereocenters. The van der Waals surface area contributed by atoms with Crippen molar-refractivity contribution >= 4 is 11.7 Å². The second kappa shape index (κ2) is 10.1. The molecule has 3 aromatic rings. The summed E-state index contributed by atoms with van der Waals surface area (Å²) in [6.45, 7) is 6.02. The van der Waals surface area contributed by atoms with Gasteiger partial charge in [-0.05, 0) is 50.9 Å². The Morgan fingerprint density at radius 3 is 2.58 bits per heavy atom. The smallest absolute Gasteiger partial charge is 0.228 e. The summed E-state index contributed by atoms with van der Waals surface area (Å²) in [5.41, 5.74) is 5.57. The zero-order valence-corrected chi connectivity index (χ0v) is 20.0. The fourth-order valence-corrected chi connectivity index (χ4v) is 4.40. The first-order valence-electron chi connectivity index (χ1n) is 11.5. The number of aromatic nitrogens is 2. The lowest BCUT2D eigenvalue weighted by atomic mass is 10.0. The van der Waals surface area contributed by atoms with Gasteiger partial charge in [-0.15, -0.1) is 0 Å². The van der Waals surface area contributed by atoms with Crippen LogP contribution in [0.3, 0.4) is 0 Å². The van der Waals surface area contributed by atoms with Crippen LogP contribution in [-0.2, 0) is 30.7 Å². The molecule has 33 heavy (non-hydrogen) atoms. The largest absolute Gasteiger partial charge is 0.496 e. The van der Waals surface area contributed by atoms with Gasteiger partial charge >= 0.3 is 0 Å². The van der Waals surface area contributed by atoms with E-state index in [1.165, 1.54) is 11.1 Å². The zero-order chi connectivity index (χ0) is 23.4. The molecule has 0 saturated heterocycles. The number of amides is 1. The molecule has 0 fully saturated rings. The molecule has 0 spiro atoms. The number of carbonyl (C=O) groups is 1. The van der Waals surface area contributed by atoms with Crippen molar-refractivity contribution in [2.24, 2.45) is 0 Å². The summed E-state index contributed by atoms with van der Waals surface area (Å²) in [7, 11) is 3.75. The van der Waals surface area contributed by atoms with Crippen molar-refractivity contribution in [3.8, 4) is 5.75 Å². The van der Waals surface area contributed by atoms with Crippen molar-refractivity contribution < 1.29 is 9.53 Å². The maximum Gasteiger partial charge on any atom is 0.228 e. The topological polar surface area (TPSA) is 58.6 Å². The van der Waals surface area contributed by atoms with Crippen molar-refractivity contribution in [1.29, 1.82) is 0 Å². The minimum atomic E-state index is 0.139. The fourth-order valence-electron chi connectivity index (χ4n) is 4.40. The van der Waals surface area contributed by atoms with E-state index in [0.717, 1.165) is 47.2 Å². The number of hydrogen-bond donors (Lipinski definition) is 0. The number of benzene rings is 2. The van der Waals surface area contributed by atoms with Crippen LogP contribution in [0.4, 0.5) is 5.82 Å². The summed E-state index contributed by atoms with van der Waals surface area (Å²) < 4.78 is 5.56. The van der Waals surface area contributed by atoms with Gasteiger partial charge in [-0.25, -0.2) is 9.97 Å². The van der Waals surface area contributed by atoms with Gasteiger partial charge in [-0.3, -0.25) is 14.6 Å². The molecule has 1 aliphatic heterocycles. The van der Waals surface area contributed by atoms with E-state index in [1.807, 2.05) is 30.0 Å². The van der Waals surface area contributed by atoms with Crippen molar-refractivity contribution in [2.45, 2.75) is 46.2 Å². The first-order chi connectivity index (χ1) is 15.9. The molecule has 1 aliphatic rings. The van der Waals surface area contributed by atoms with E-state index in [0.29, 0.717) is 25.9 Å². The lowest BCUT2D eigenvalue weighted by Crippen LogP contribution is -2.38. The molecule has 2 aromatic carbocycles. The molecule has 1 amide bonds. The number of ether oxygens (including phenoxy) is 1. The standard InChI is InChI=1S/C27H32N4O2/c1-19-10-11-22(24(16-19)33-4)17-30(3)18-25-28-20(2)23-12-13-26(32)31(27(23)29-25)15-14-21-8-6-5-7-9-21/h5-11,16H,12-15,17-18H2,1-4H3. The third-order valence-electron chi connectivity index (χ3n) is 6.15. The molecule has 0 aliphatic carbocycles. The minimum Gasteiger partial charge on any atom is -0.496 e. The Labute approximate surface area is 196 Å². The number of anilines is 1. The van der Waals surface area contributed by atoms with Crippen LogP contribution in [0.2, 0.25) is 0 Å². The van der Waals surface area contributed by atoms with Crippen LogP contribution in [0.1, 0.15) is 40.2 Å². The molecule has 2 heterocycles.